The van der Waals surface area contributed by atoms with Gasteiger partial charge < -0.3 is 11.1 Å². The SMILES string of the molecule is Cc1cc(C(=O)Nc2ccc(C#N)cc2N)ccn1. The fourth-order valence-corrected chi connectivity index (χ4v) is 1.63. The number of hydrogen-bond acceptors (Lipinski definition) is 4. The van der Waals surface area contributed by atoms with Gasteiger partial charge in [-0.15, -0.1) is 0 Å². The number of nitrogens with two attached hydrogens (primary N) is 1. The Labute approximate surface area is 110 Å². The van der Waals surface area contributed by atoms with E-state index in [0.717, 1.165) is 5.69 Å². The number of pyridine rings is 1. The highest BCUT2D eigenvalue weighted by Crippen LogP contribution is 2.20. The van der Waals surface area contributed by atoms with Crippen molar-refractivity contribution >= 4 is 17.3 Å². The predicted octanol–water partition coefficient (Wildman–Crippen LogP) is 2.10. The molecule has 0 spiro atoms. The second-order valence-corrected chi connectivity index (χ2v) is 4.05. The molecule has 1 aromatic heterocycles. The zero-order valence-electron chi connectivity index (χ0n) is 10.3. The number of anilines is 2. The van der Waals surface area contributed by atoms with E-state index >= 15 is 0 Å². The minimum absolute atomic E-state index is 0.262. The average Bonchev–Trinajstić information content (AvgIpc) is 2.41. The molecule has 1 amide bonds. The van der Waals surface area contributed by atoms with Crippen LogP contribution in [0.25, 0.3) is 0 Å². The van der Waals surface area contributed by atoms with Gasteiger partial charge >= 0.3 is 0 Å². The maximum atomic E-state index is 12.0. The Bertz CT molecular complexity index is 673. The second-order valence-electron chi connectivity index (χ2n) is 4.05. The van der Waals surface area contributed by atoms with E-state index in [1.807, 2.05) is 13.0 Å². The lowest BCUT2D eigenvalue weighted by Crippen LogP contribution is -2.13. The van der Waals surface area contributed by atoms with Crippen molar-refractivity contribution in [2.24, 2.45) is 0 Å². The number of carbonyl (C=O) groups excluding carboxylic acids is 1. The molecule has 0 bridgehead atoms. The van der Waals surface area contributed by atoms with Crippen LogP contribution in [0.1, 0.15) is 21.6 Å². The van der Waals surface area contributed by atoms with Crippen molar-refractivity contribution in [1.82, 2.24) is 4.98 Å². The molecule has 0 aliphatic carbocycles. The number of nitrogens with zero attached hydrogens (tertiary/aromatic N) is 2. The molecule has 0 saturated heterocycles. The maximum Gasteiger partial charge on any atom is 0.255 e. The molecule has 5 nitrogen and oxygen atoms in total. The standard InChI is InChI=1S/C14H12N4O/c1-9-6-11(4-5-17-9)14(19)18-13-3-2-10(8-15)7-12(13)16/h2-7H,16H2,1H3,(H,18,19). The van der Waals surface area contributed by atoms with E-state index in [1.54, 1.807) is 30.5 Å². The van der Waals surface area contributed by atoms with Crippen LogP contribution < -0.4 is 11.1 Å². The molecular weight excluding hydrogens is 240 g/mol. The van der Waals surface area contributed by atoms with Crippen LogP contribution in [0.15, 0.2) is 36.5 Å². The number of amides is 1. The lowest BCUT2D eigenvalue weighted by atomic mass is 10.1. The third kappa shape index (κ3) is 2.87. The van der Waals surface area contributed by atoms with Crippen LogP contribution in [0.4, 0.5) is 11.4 Å². The first-order valence-corrected chi connectivity index (χ1v) is 5.64. The number of hydrogen-bond donors (Lipinski definition) is 2. The normalized spacial score (nSPS) is 9.68. The molecule has 2 rings (SSSR count). The molecule has 3 N–H and O–H groups in total. The molecular formula is C14H12N4O. The van der Waals surface area contributed by atoms with Crippen molar-refractivity contribution in [1.29, 1.82) is 5.26 Å². The summed E-state index contributed by atoms with van der Waals surface area (Å²) in [6, 6.07) is 10.0. The second kappa shape index (κ2) is 5.19. The summed E-state index contributed by atoms with van der Waals surface area (Å²) in [7, 11) is 0. The van der Waals surface area contributed by atoms with Crippen LogP contribution in [-0.4, -0.2) is 10.9 Å². The zero-order valence-corrected chi connectivity index (χ0v) is 10.3. The highest BCUT2D eigenvalue weighted by atomic mass is 16.1. The summed E-state index contributed by atoms with van der Waals surface area (Å²) < 4.78 is 0. The molecule has 5 heteroatoms. The molecule has 0 saturated carbocycles. The number of carbonyl (C=O) groups is 1. The van der Waals surface area contributed by atoms with Crippen LogP contribution in [-0.2, 0) is 0 Å². The van der Waals surface area contributed by atoms with Gasteiger partial charge in [-0.1, -0.05) is 0 Å². The zero-order chi connectivity index (χ0) is 13.8. The van der Waals surface area contributed by atoms with E-state index in [9.17, 15) is 4.79 Å². The summed E-state index contributed by atoms with van der Waals surface area (Å²) in [6.07, 6.45) is 1.58. The number of rotatable bonds is 2. The Morgan fingerprint density at radius 3 is 2.79 bits per heavy atom. The highest BCUT2D eigenvalue weighted by molar-refractivity contribution is 6.05. The molecule has 2 aromatic rings. The Kier molecular flexibility index (Phi) is 3.44. The van der Waals surface area contributed by atoms with E-state index in [0.29, 0.717) is 22.5 Å². The summed E-state index contributed by atoms with van der Waals surface area (Å²) in [5.41, 5.74) is 8.35. The molecule has 0 unspecified atom stereocenters. The lowest BCUT2D eigenvalue weighted by molar-refractivity contribution is 0.102. The summed E-state index contributed by atoms with van der Waals surface area (Å²) in [5, 5.41) is 11.4. The number of nitrogens with one attached hydrogen (secondary N) is 1. The van der Waals surface area contributed by atoms with Crippen molar-refractivity contribution < 1.29 is 4.79 Å². The van der Waals surface area contributed by atoms with E-state index in [1.165, 1.54) is 6.07 Å². The van der Waals surface area contributed by atoms with Crippen LogP contribution in [0.2, 0.25) is 0 Å². The summed E-state index contributed by atoms with van der Waals surface area (Å²) in [5.74, 6) is -0.262. The molecule has 19 heavy (non-hydrogen) atoms. The Morgan fingerprint density at radius 1 is 1.37 bits per heavy atom. The number of aromatic nitrogens is 1. The highest BCUT2D eigenvalue weighted by Gasteiger charge is 2.08. The van der Waals surface area contributed by atoms with Gasteiger partial charge in [0.2, 0.25) is 0 Å². The Hall–Kier alpha value is -2.87. The molecule has 0 radical (unpaired) electrons. The quantitative estimate of drug-likeness (QED) is 0.800. The van der Waals surface area contributed by atoms with Gasteiger partial charge in [0.1, 0.15) is 0 Å². The van der Waals surface area contributed by atoms with Crippen molar-refractivity contribution in [3.05, 3.63) is 53.3 Å². The van der Waals surface area contributed by atoms with Gasteiger partial charge in [-0.05, 0) is 37.3 Å². The first-order chi connectivity index (χ1) is 9.10. The van der Waals surface area contributed by atoms with E-state index < -0.39 is 0 Å². The van der Waals surface area contributed by atoms with Crippen LogP contribution in [0.5, 0.6) is 0 Å². The van der Waals surface area contributed by atoms with Crippen LogP contribution >= 0.6 is 0 Å². The molecule has 0 atom stereocenters. The number of aryl methyl sites for hydroxylation is 1. The fraction of sp³-hybridized carbons (Fsp3) is 0.0714. The lowest BCUT2D eigenvalue weighted by Gasteiger charge is -2.08. The van der Waals surface area contributed by atoms with Crippen molar-refractivity contribution in [2.75, 3.05) is 11.1 Å². The van der Waals surface area contributed by atoms with E-state index in [4.69, 9.17) is 11.0 Å². The average molecular weight is 252 g/mol. The molecule has 0 aliphatic heterocycles. The number of benzene rings is 1. The van der Waals surface area contributed by atoms with Gasteiger partial charge in [0, 0.05) is 17.5 Å². The Balaban J connectivity index is 2.22. The van der Waals surface area contributed by atoms with Crippen molar-refractivity contribution in [2.45, 2.75) is 6.92 Å². The largest absolute Gasteiger partial charge is 0.397 e. The van der Waals surface area contributed by atoms with Gasteiger partial charge in [0.15, 0.2) is 0 Å². The number of nitrogen functional groups attached to an aromatic ring is 1. The molecule has 1 aromatic carbocycles. The third-order valence-corrected chi connectivity index (χ3v) is 2.59. The van der Waals surface area contributed by atoms with Gasteiger partial charge in [-0.2, -0.15) is 5.26 Å². The Morgan fingerprint density at radius 2 is 2.16 bits per heavy atom. The van der Waals surface area contributed by atoms with Gasteiger partial charge in [0.05, 0.1) is 23.0 Å². The monoisotopic (exact) mass is 252 g/mol. The third-order valence-electron chi connectivity index (χ3n) is 2.59. The molecule has 0 aliphatic rings. The first kappa shape index (κ1) is 12.6. The van der Waals surface area contributed by atoms with Crippen molar-refractivity contribution in [3.8, 4) is 6.07 Å². The smallest absolute Gasteiger partial charge is 0.255 e. The molecule has 94 valence electrons. The number of nitriles is 1. The van der Waals surface area contributed by atoms with Gasteiger partial charge in [-0.25, -0.2) is 0 Å². The van der Waals surface area contributed by atoms with E-state index in [2.05, 4.69) is 10.3 Å². The minimum Gasteiger partial charge on any atom is -0.397 e. The van der Waals surface area contributed by atoms with Gasteiger partial charge in [-0.3, -0.25) is 9.78 Å². The topological polar surface area (TPSA) is 91.8 Å². The summed E-state index contributed by atoms with van der Waals surface area (Å²) >= 11 is 0. The van der Waals surface area contributed by atoms with E-state index in [-0.39, 0.29) is 5.91 Å². The van der Waals surface area contributed by atoms with Crippen LogP contribution in [0, 0.1) is 18.3 Å². The first-order valence-electron chi connectivity index (χ1n) is 5.64. The minimum atomic E-state index is -0.262. The molecule has 1 heterocycles. The summed E-state index contributed by atoms with van der Waals surface area (Å²) in [4.78, 5) is 16.0. The fourth-order valence-electron chi connectivity index (χ4n) is 1.63. The summed E-state index contributed by atoms with van der Waals surface area (Å²) in [6.45, 7) is 1.81. The molecule has 0 fully saturated rings. The van der Waals surface area contributed by atoms with Crippen LogP contribution in [0.3, 0.4) is 0 Å². The predicted molar refractivity (Wildman–Crippen MR) is 72.5 cm³/mol. The van der Waals surface area contributed by atoms with Crippen molar-refractivity contribution in [3.63, 3.8) is 0 Å². The maximum absolute atomic E-state index is 12.0. The van der Waals surface area contributed by atoms with Gasteiger partial charge in [0.25, 0.3) is 5.91 Å².